The van der Waals surface area contributed by atoms with Crippen LogP contribution >= 0.6 is 0 Å². The number of nitrogens with zero attached hydrogens (tertiary/aromatic N) is 2. The Labute approximate surface area is 108 Å². The van der Waals surface area contributed by atoms with E-state index in [1.54, 1.807) is 0 Å². The Morgan fingerprint density at radius 1 is 1.39 bits per heavy atom. The zero-order valence-electron chi connectivity index (χ0n) is 10.9. The molecule has 2 heterocycles. The van der Waals surface area contributed by atoms with Crippen LogP contribution in [-0.2, 0) is 11.2 Å². The van der Waals surface area contributed by atoms with Crippen molar-refractivity contribution in [1.82, 2.24) is 5.32 Å². The number of aryl methyl sites for hydroxylation is 1. The third kappa shape index (κ3) is 1.68. The van der Waals surface area contributed by atoms with Crippen LogP contribution in [0.15, 0.2) is 18.2 Å². The van der Waals surface area contributed by atoms with Crippen LogP contribution in [0, 0.1) is 0 Å². The standard InChI is InChI=1S/C14H19N3O/c1-3-10-4-5-12-13(6-10)17-11(9-16(12)2)7-15-8-14(17)18/h4-6,11,15H,3,7-9H2,1-2H3. The molecule has 4 nitrogen and oxygen atoms in total. The number of carbonyl (C=O) groups is 1. The Kier molecular flexibility index (Phi) is 2.74. The van der Waals surface area contributed by atoms with E-state index in [4.69, 9.17) is 0 Å². The Bertz CT molecular complexity index is 486. The maximum absolute atomic E-state index is 12.1. The van der Waals surface area contributed by atoms with Crippen LogP contribution < -0.4 is 15.1 Å². The van der Waals surface area contributed by atoms with Gasteiger partial charge in [0.2, 0.25) is 5.91 Å². The predicted octanol–water partition coefficient (Wildman–Crippen LogP) is 1.00. The van der Waals surface area contributed by atoms with Crippen LogP contribution in [0.1, 0.15) is 12.5 Å². The minimum Gasteiger partial charge on any atom is -0.371 e. The van der Waals surface area contributed by atoms with Crippen LogP contribution in [0.3, 0.4) is 0 Å². The molecule has 0 aromatic heterocycles. The van der Waals surface area contributed by atoms with E-state index < -0.39 is 0 Å². The summed E-state index contributed by atoms with van der Waals surface area (Å²) in [5.74, 6) is 0.189. The maximum Gasteiger partial charge on any atom is 0.241 e. The summed E-state index contributed by atoms with van der Waals surface area (Å²) < 4.78 is 0. The molecule has 2 aliphatic rings. The van der Waals surface area contributed by atoms with E-state index in [2.05, 4.69) is 42.4 Å². The van der Waals surface area contributed by atoms with Gasteiger partial charge < -0.3 is 15.1 Å². The van der Waals surface area contributed by atoms with Gasteiger partial charge in [0.25, 0.3) is 0 Å². The predicted molar refractivity (Wildman–Crippen MR) is 73.2 cm³/mol. The van der Waals surface area contributed by atoms with Gasteiger partial charge in [-0.15, -0.1) is 0 Å². The van der Waals surface area contributed by atoms with E-state index in [9.17, 15) is 4.79 Å². The average molecular weight is 245 g/mol. The highest BCUT2D eigenvalue weighted by atomic mass is 16.2. The molecule has 4 heteroatoms. The van der Waals surface area contributed by atoms with Crippen molar-refractivity contribution < 1.29 is 4.79 Å². The second-order valence-electron chi connectivity index (χ2n) is 5.11. The molecule has 3 rings (SSSR count). The number of likely N-dealkylation sites (N-methyl/N-ethyl adjacent to an activating group) is 1. The molecular weight excluding hydrogens is 226 g/mol. The van der Waals surface area contributed by atoms with E-state index >= 15 is 0 Å². The summed E-state index contributed by atoms with van der Waals surface area (Å²) in [5.41, 5.74) is 3.53. The second kappa shape index (κ2) is 4.28. The van der Waals surface area contributed by atoms with Crippen LogP contribution in [0.5, 0.6) is 0 Å². The summed E-state index contributed by atoms with van der Waals surface area (Å²) in [5, 5.41) is 3.20. The van der Waals surface area contributed by atoms with Crippen molar-refractivity contribution in [2.75, 3.05) is 36.5 Å². The highest BCUT2D eigenvalue weighted by Crippen LogP contribution is 2.36. The first-order valence-corrected chi connectivity index (χ1v) is 6.57. The third-order valence-electron chi connectivity index (χ3n) is 3.89. The first-order valence-electron chi connectivity index (χ1n) is 6.57. The van der Waals surface area contributed by atoms with E-state index in [0.717, 1.165) is 25.2 Å². The molecule has 1 atom stereocenters. The molecule has 1 aromatic carbocycles. The van der Waals surface area contributed by atoms with Crippen molar-refractivity contribution in [3.63, 3.8) is 0 Å². The van der Waals surface area contributed by atoms with Gasteiger partial charge >= 0.3 is 0 Å². The molecule has 18 heavy (non-hydrogen) atoms. The van der Waals surface area contributed by atoms with Gasteiger partial charge in [0.05, 0.1) is 24.0 Å². The van der Waals surface area contributed by atoms with E-state index in [1.165, 1.54) is 11.3 Å². The lowest BCUT2D eigenvalue weighted by Gasteiger charge is -2.44. The molecule has 1 N–H and O–H groups in total. The monoisotopic (exact) mass is 245 g/mol. The van der Waals surface area contributed by atoms with E-state index in [-0.39, 0.29) is 11.9 Å². The first kappa shape index (κ1) is 11.5. The van der Waals surface area contributed by atoms with E-state index in [0.29, 0.717) is 6.54 Å². The molecule has 1 unspecified atom stereocenters. The molecule has 1 saturated heterocycles. The van der Waals surface area contributed by atoms with Gasteiger partial charge in [-0.3, -0.25) is 4.79 Å². The molecule has 2 aliphatic heterocycles. The maximum atomic E-state index is 12.1. The van der Waals surface area contributed by atoms with Crippen LogP contribution in [0.25, 0.3) is 0 Å². The summed E-state index contributed by atoms with van der Waals surface area (Å²) in [7, 11) is 2.10. The number of hydrogen-bond acceptors (Lipinski definition) is 3. The number of carbonyl (C=O) groups excluding carboxylic acids is 1. The molecule has 0 spiro atoms. The van der Waals surface area contributed by atoms with Gasteiger partial charge in [-0.05, 0) is 24.1 Å². The summed E-state index contributed by atoms with van der Waals surface area (Å²) in [6, 6.07) is 6.72. The molecule has 1 fully saturated rings. The number of amides is 1. The number of fused-ring (bicyclic) bond motifs is 3. The van der Waals surface area contributed by atoms with Crippen molar-refractivity contribution >= 4 is 17.3 Å². The number of hydrogen-bond donors (Lipinski definition) is 1. The minimum atomic E-state index is 0.189. The Hall–Kier alpha value is -1.55. The number of anilines is 2. The number of benzene rings is 1. The fourth-order valence-corrected chi connectivity index (χ4v) is 2.92. The lowest BCUT2D eigenvalue weighted by molar-refractivity contribution is -0.119. The quantitative estimate of drug-likeness (QED) is 0.802. The Morgan fingerprint density at radius 3 is 3.00 bits per heavy atom. The summed E-state index contributed by atoms with van der Waals surface area (Å²) >= 11 is 0. The molecule has 0 bridgehead atoms. The van der Waals surface area contributed by atoms with Crippen molar-refractivity contribution in [2.24, 2.45) is 0 Å². The highest BCUT2D eigenvalue weighted by molar-refractivity contribution is 6.00. The minimum absolute atomic E-state index is 0.189. The largest absolute Gasteiger partial charge is 0.371 e. The number of nitrogens with one attached hydrogen (secondary N) is 1. The highest BCUT2D eigenvalue weighted by Gasteiger charge is 2.35. The molecule has 1 amide bonds. The lowest BCUT2D eigenvalue weighted by Crippen LogP contribution is -2.61. The summed E-state index contributed by atoms with van der Waals surface area (Å²) in [6.07, 6.45) is 1.00. The van der Waals surface area contributed by atoms with E-state index in [1.807, 2.05) is 4.90 Å². The second-order valence-corrected chi connectivity index (χ2v) is 5.11. The van der Waals surface area contributed by atoms with Crippen LogP contribution in [0.2, 0.25) is 0 Å². The molecule has 96 valence electrons. The van der Waals surface area contributed by atoms with Crippen LogP contribution in [0.4, 0.5) is 11.4 Å². The third-order valence-corrected chi connectivity index (χ3v) is 3.89. The average Bonchev–Trinajstić information content (AvgIpc) is 2.38. The summed E-state index contributed by atoms with van der Waals surface area (Å²) in [6.45, 7) is 4.38. The summed E-state index contributed by atoms with van der Waals surface area (Å²) in [4.78, 5) is 16.4. The zero-order valence-corrected chi connectivity index (χ0v) is 10.9. The van der Waals surface area contributed by atoms with Crippen LogP contribution in [-0.4, -0.2) is 38.6 Å². The Morgan fingerprint density at radius 2 is 2.22 bits per heavy atom. The fourth-order valence-electron chi connectivity index (χ4n) is 2.92. The fraction of sp³-hybridized carbons (Fsp3) is 0.500. The van der Waals surface area contributed by atoms with Crippen molar-refractivity contribution in [1.29, 1.82) is 0 Å². The number of rotatable bonds is 1. The Balaban J connectivity index is 2.09. The zero-order chi connectivity index (χ0) is 12.7. The van der Waals surface area contributed by atoms with Crippen molar-refractivity contribution in [3.05, 3.63) is 23.8 Å². The molecule has 0 aliphatic carbocycles. The molecule has 0 radical (unpaired) electrons. The van der Waals surface area contributed by atoms with Gasteiger partial charge in [-0.25, -0.2) is 0 Å². The van der Waals surface area contributed by atoms with Gasteiger partial charge in [0, 0.05) is 20.1 Å². The van der Waals surface area contributed by atoms with Crippen molar-refractivity contribution in [3.8, 4) is 0 Å². The smallest absolute Gasteiger partial charge is 0.241 e. The first-order chi connectivity index (χ1) is 8.70. The van der Waals surface area contributed by atoms with Crippen molar-refractivity contribution in [2.45, 2.75) is 19.4 Å². The number of piperazine rings is 1. The topological polar surface area (TPSA) is 35.6 Å². The van der Waals surface area contributed by atoms with Gasteiger partial charge in [-0.1, -0.05) is 13.0 Å². The SMILES string of the molecule is CCc1ccc2c(c1)N1C(=O)CNCC1CN2C. The molecule has 0 saturated carbocycles. The lowest BCUT2D eigenvalue weighted by atomic mass is 10.0. The van der Waals surface area contributed by atoms with Gasteiger partial charge in [0.1, 0.15) is 0 Å². The van der Waals surface area contributed by atoms with Gasteiger partial charge in [-0.2, -0.15) is 0 Å². The normalized spacial score (nSPS) is 22.8. The molecule has 1 aromatic rings. The van der Waals surface area contributed by atoms with Gasteiger partial charge in [0.15, 0.2) is 0 Å². The molecular formula is C14H19N3O.